The maximum absolute atomic E-state index is 12.7. The number of halogens is 3. The Hall–Kier alpha value is -3.17. The van der Waals surface area contributed by atoms with Crippen LogP contribution in [-0.4, -0.2) is 23.9 Å². The van der Waals surface area contributed by atoms with E-state index in [2.05, 4.69) is 14.2 Å². The molecule has 0 saturated heterocycles. The third-order valence-corrected chi connectivity index (χ3v) is 5.18. The highest BCUT2D eigenvalue weighted by atomic mass is 32.2. The van der Waals surface area contributed by atoms with Crippen LogP contribution >= 0.6 is 11.3 Å². The fourth-order valence-corrected chi connectivity index (χ4v) is 3.21. The maximum atomic E-state index is 12.7. The van der Waals surface area contributed by atoms with Gasteiger partial charge in [0.1, 0.15) is 22.3 Å². The second-order valence-corrected chi connectivity index (χ2v) is 7.72. The number of anilines is 1. The summed E-state index contributed by atoms with van der Waals surface area (Å²) in [6.07, 6.45) is 1.44. The summed E-state index contributed by atoms with van der Waals surface area (Å²) in [5.74, 6) is -0.987. The molecule has 0 aliphatic heterocycles. The van der Waals surface area contributed by atoms with E-state index in [1.54, 1.807) is 11.4 Å². The van der Waals surface area contributed by atoms with Crippen molar-refractivity contribution in [1.29, 1.82) is 5.26 Å². The number of aromatic nitrogens is 2. The number of nitrogens with zero attached hydrogens (tertiary/aromatic N) is 3. The lowest BCUT2D eigenvalue weighted by atomic mass is 10.0. The summed E-state index contributed by atoms with van der Waals surface area (Å²) in [5, 5.41) is 11.4. The molecule has 0 radical (unpaired) electrons. The van der Waals surface area contributed by atoms with Crippen LogP contribution in [0.5, 0.6) is 5.88 Å². The Labute approximate surface area is 161 Å². The van der Waals surface area contributed by atoms with Gasteiger partial charge in [-0.1, -0.05) is 12.1 Å². The van der Waals surface area contributed by atoms with Crippen molar-refractivity contribution in [3.05, 3.63) is 47.5 Å². The summed E-state index contributed by atoms with van der Waals surface area (Å²) < 4.78 is 65.3. The molecule has 0 unspecified atom stereocenters. The maximum Gasteiger partial charge on any atom is 0.534 e. The molecule has 0 aliphatic rings. The van der Waals surface area contributed by atoms with Crippen LogP contribution in [0, 0.1) is 11.3 Å². The number of nitriles is 1. The molecule has 3 aromatic rings. The lowest BCUT2D eigenvalue weighted by molar-refractivity contribution is -0.0501. The van der Waals surface area contributed by atoms with E-state index in [0.717, 1.165) is 11.3 Å². The van der Waals surface area contributed by atoms with Gasteiger partial charge in [0.15, 0.2) is 0 Å². The largest absolute Gasteiger partial charge is 0.534 e. The van der Waals surface area contributed by atoms with Crippen molar-refractivity contribution in [1.82, 2.24) is 9.97 Å². The second-order valence-electron chi connectivity index (χ2n) is 5.29. The average Bonchev–Trinajstić information content (AvgIpc) is 3.15. The molecular weight excluding hydrogens is 417 g/mol. The number of alkyl halides is 3. The van der Waals surface area contributed by atoms with Gasteiger partial charge in [-0.15, -0.1) is 11.3 Å². The molecule has 1 aromatic carbocycles. The number of hydrogen-bond donors (Lipinski definition) is 1. The molecule has 0 fully saturated rings. The molecule has 3 rings (SSSR count). The highest BCUT2D eigenvalue weighted by molar-refractivity contribution is 7.88. The predicted molar refractivity (Wildman–Crippen MR) is 95.5 cm³/mol. The molecule has 0 saturated carbocycles. The number of thiazole rings is 1. The van der Waals surface area contributed by atoms with Gasteiger partial charge in [-0.3, -0.25) is 0 Å². The zero-order chi connectivity index (χ0) is 20.5. The molecule has 2 aromatic heterocycles. The SMILES string of the molecule is N#Cc1c(-c2ccc(N)cc2)cc(-c2nccs2)nc1OS(=O)(=O)C(F)(F)F. The van der Waals surface area contributed by atoms with Crippen LogP contribution in [0.2, 0.25) is 0 Å². The zero-order valence-corrected chi connectivity index (χ0v) is 15.3. The van der Waals surface area contributed by atoms with E-state index in [9.17, 15) is 26.9 Å². The molecule has 7 nitrogen and oxygen atoms in total. The molecule has 0 bridgehead atoms. The van der Waals surface area contributed by atoms with E-state index in [1.165, 1.54) is 36.5 Å². The molecule has 0 atom stereocenters. The van der Waals surface area contributed by atoms with E-state index in [-0.39, 0.29) is 11.3 Å². The average molecular weight is 426 g/mol. The molecule has 0 spiro atoms. The molecule has 2 N–H and O–H groups in total. The third kappa shape index (κ3) is 3.75. The first-order valence-electron chi connectivity index (χ1n) is 7.34. The lowest BCUT2D eigenvalue weighted by Gasteiger charge is -2.13. The van der Waals surface area contributed by atoms with Gasteiger partial charge in [0.05, 0.1) is 0 Å². The van der Waals surface area contributed by atoms with Crippen LogP contribution in [0.1, 0.15) is 5.56 Å². The van der Waals surface area contributed by atoms with Crippen molar-refractivity contribution < 1.29 is 25.8 Å². The highest BCUT2D eigenvalue weighted by Crippen LogP contribution is 2.36. The predicted octanol–water partition coefficient (Wildman–Crippen LogP) is 3.55. The fourth-order valence-electron chi connectivity index (χ4n) is 2.19. The van der Waals surface area contributed by atoms with Crippen molar-refractivity contribution in [2.45, 2.75) is 5.51 Å². The Morgan fingerprint density at radius 1 is 1.21 bits per heavy atom. The van der Waals surface area contributed by atoms with Gasteiger partial charge in [-0.25, -0.2) is 9.97 Å². The van der Waals surface area contributed by atoms with Gasteiger partial charge in [0.2, 0.25) is 0 Å². The molecule has 28 heavy (non-hydrogen) atoms. The number of hydrogen-bond acceptors (Lipinski definition) is 8. The minimum absolute atomic E-state index is 0.0493. The Morgan fingerprint density at radius 3 is 2.43 bits per heavy atom. The lowest BCUT2D eigenvalue weighted by Crippen LogP contribution is -2.28. The van der Waals surface area contributed by atoms with Crippen molar-refractivity contribution >= 4 is 27.1 Å². The van der Waals surface area contributed by atoms with Crippen LogP contribution < -0.4 is 9.92 Å². The molecule has 0 aliphatic carbocycles. The van der Waals surface area contributed by atoms with Gasteiger partial charge in [0, 0.05) is 22.8 Å². The first kappa shape index (κ1) is 19.6. The molecular formula is C16H9F3N4O3S2. The van der Waals surface area contributed by atoms with Crippen LogP contribution in [0.25, 0.3) is 21.8 Å². The van der Waals surface area contributed by atoms with Gasteiger partial charge in [0.25, 0.3) is 5.88 Å². The van der Waals surface area contributed by atoms with Crippen molar-refractivity contribution in [3.8, 4) is 33.8 Å². The first-order chi connectivity index (χ1) is 13.1. The summed E-state index contributed by atoms with van der Waals surface area (Å²) in [6, 6.07) is 9.16. The summed E-state index contributed by atoms with van der Waals surface area (Å²) in [6.45, 7) is 0. The minimum Gasteiger partial charge on any atom is -0.399 e. The Balaban J connectivity index is 2.26. The zero-order valence-electron chi connectivity index (χ0n) is 13.6. The van der Waals surface area contributed by atoms with Gasteiger partial charge >= 0.3 is 15.6 Å². The second kappa shape index (κ2) is 7.10. The first-order valence-corrected chi connectivity index (χ1v) is 9.63. The molecule has 144 valence electrons. The normalized spacial score (nSPS) is 11.8. The number of pyridine rings is 1. The fraction of sp³-hybridized carbons (Fsp3) is 0.0625. The van der Waals surface area contributed by atoms with Crippen LogP contribution in [0.4, 0.5) is 18.9 Å². The molecule has 2 heterocycles. The summed E-state index contributed by atoms with van der Waals surface area (Å²) >= 11 is 1.12. The smallest absolute Gasteiger partial charge is 0.399 e. The summed E-state index contributed by atoms with van der Waals surface area (Å²) in [5.41, 5.74) is 0.470. The van der Waals surface area contributed by atoms with E-state index >= 15 is 0 Å². The Kier molecular flexibility index (Phi) is 4.97. The number of nitrogens with two attached hydrogens (primary N) is 1. The van der Waals surface area contributed by atoms with Crippen LogP contribution in [0.3, 0.4) is 0 Å². The summed E-state index contributed by atoms with van der Waals surface area (Å²) in [7, 11) is -6.03. The summed E-state index contributed by atoms with van der Waals surface area (Å²) in [4.78, 5) is 7.79. The molecule has 12 heteroatoms. The number of benzene rings is 1. The number of nitrogen functional groups attached to an aromatic ring is 1. The van der Waals surface area contributed by atoms with Crippen LogP contribution in [-0.2, 0) is 10.1 Å². The third-order valence-electron chi connectivity index (χ3n) is 3.44. The topological polar surface area (TPSA) is 119 Å². The van der Waals surface area contributed by atoms with E-state index in [0.29, 0.717) is 16.3 Å². The van der Waals surface area contributed by atoms with Crippen LogP contribution in [0.15, 0.2) is 41.9 Å². The minimum atomic E-state index is -6.03. The molecule has 0 amide bonds. The van der Waals surface area contributed by atoms with Crippen molar-refractivity contribution in [2.75, 3.05) is 5.73 Å². The van der Waals surface area contributed by atoms with E-state index < -0.39 is 27.1 Å². The van der Waals surface area contributed by atoms with E-state index in [4.69, 9.17) is 5.73 Å². The Bertz CT molecular complexity index is 1150. The Morgan fingerprint density at radius 2 is 1.89 bits per heavy atom. The van der Waals surface area contributed by atoms with Gasteiger partial charge in [-0.2, -0.15) is 26.9 Å². The van der Waals surface area contributed by atoms with Gasteiger partial charge in [-0.05, 0) is 23.8 Å². The quantitative estimate of drug-likeness (QED) is 0.385. The van der Waals surface area contributed by atoms with Gasteiger partial charge < -0.3 is 9.92 Å². The van der Waals surface area contributed by atoms with Crippen molar-refractivity contribution in [3.63, 3.8) is 0 Å². The monoisotopic (exact) mass is 426 g/mol. The number of rotatable bonds is 4. The highest BCUT2D eigenvalue weighted by Gasteiger charge is 2.49. The van der Waals surface area contributed by atoms with E-state index in [1.807, 2.05) is 0 Å². The standard InChI is InChI=1S/C16H9F3N4O3S2/c17-16(18,19)28(24,25)26-14-12(8-20)11(9-1-3-10(21)4-2-9)7-13(23-14)15-22-5-6-27-15/h1-7H,21H2. The van der Waals surface area contributed by atoms with Crippen molar-refractivity contribution in [2.24, 2.45) is 0 Å².